The summed E-state index contributed by atoms with van der Waals surface area (Å²) in [5.41, 5.74) is 4.12. The minimum atomic E-state index is -0.175. The zero-order valence-corrected chi connectivity index (χ0v) is 15.4. The number of nitrogens with one attached hydrogen (secondary N) is 1. The monoisotopic (exact) mass is 354 g/mol. The summed E-state index contributed by atoms with van der Waals surface area (Å²) in [6, 6.07) is 11.1. The number of para-hydroxylation sites is 1. The van der Waals surface area contributed by atoms with Gasteiger partial charge < -0.3 is 25.0 Å². The highest BCUT2D eigenvalue weighted by Crippen LogP contribution is 2.31. The van der Waals surface area contributed by atoms with E-state index in [1.54, 1.807) is 4.90 Å². The van der Waals surface area contributed by atoms with Crippen LogP contribution in [0.25, 0.3) is 0 Å². The summed E-state index contributed by atoms with van der Waals surface area (Å²) in [5.74, 6) is 0.721. The lowest BCUT2D eigenvalue weighted by atomic mass is 10.0. The normalized spacial score (nSPS) is 15.1. The number of ether oxygens (including phenoxy) is 1. The van der Waals surface area contributed by atoms with Gasteiger partial charge >= 0.3 is 0 Å². The molecule has 3 rings (SSSR count). The predicted molar refractivity (Wildman–Crippen MR) is 100 cm³/mol. The maximum atomic E-state index is 13.0. The third kappa shape index (κ3) is 3.66. The Morgan fingerprint density at radius 1 is 1.15 bits per heavy atom. The lowest BCUT2D eigenvalue weighted by Crippen LogP contribution is -2.97. The first-order valence-corrected chi connectivity index (χ1v) is 8.78. The molecule has 0 fully saturated rings. The van der Waals surface area contributed by atoms with Crippen LogP contribution in [0.15, 0.2) is 41.4 Å². The van der Waals surface area contributed by atoms with E-state index in [0.717, 1.165) is 22.4 Å². The van der Waals surface area contributed by atoms with Gasteiger partial charge in [0, 0.05) is 12.1 Å². The molecule has 0 aromatic heterocycles. The van der Waals surface area contributed by atoms with Crippen molar-refractivity contribution in [1.82, 2.24) is 4.90 Å². The largest absolute Gasteiger partial charge is 0.846 e. The highest BCUT2D eigenvalue weighted by molar-refractivity contribution is 5.70. The molecule has 138 valence electrons. The average Bonchev–Trinajstić information content (AvgIpc) is 3.03. The standard InChI is InChI=1S/C20H25N3O3/c1-14-13-15(2)19(26-12-11-22-10-9-21-20(22)24)16(3)18(14)23(25)17-7-5-4-6-8-17/h4-8,13,23H,9-12H2,1-3H3,(H,21,24)/p-1. The number of aliphatic imine (C=N–C) groups is 1. The minimum Gasteiger partial charge on any atom is -0.846 e. The molecule has 0 aliphatic carbocycles. The fourth-order valence-electron chi connectivity index (χ4n) is 3.40. The van der Waals surface area contributed by atoms with E-state index in [4.69, 9.17) is 4.74 Å². The molecular formula is C20H24N3O3-. The summed E-state index contributed by atoms with van der Waals surface area (Å²) in [7, 11) is 0. The molecule has 1 aliphatic rings. The van der Waals surface area contributed by atoms with E-state index in [-0.39, 0.29) is 11.1 Å². The van der Waals surface area contributed by atoms with Crippen molar-refractivity contribution in [2.45, 2.75) is 20.8 Å². The van der Waals surface area contributed by atoms with E-state index < -0.39 is 0 Å². The molecule has 1 N–H and O–H groups in total. The molecule has 0 saturated heterocycles. The van der Waals surface area contributed by atoms with Crippen LogP contribution >= 0.6 is 0 Å². The van der Waals surface area contributed by atoms with E-state index in [9.17, 15) is 10.3 Å². The molecule has 6 nitrogen and oxygen atoms in total. The maximum absolute atomic E-state index is 13.0. The van der Waals surface area contributed by atoms with Crippen LogP contribution in [0.5, 0.6) is 5.75 Å². The van der Waals surface area contributed by atoms with Crippen molar-refractivity contribution in [2.24, 2.45) is 4.99 Å². The molecule has 0 bridgehead atoms. The van der Waals surface area contributed by atoms with E-state index in [0.29, 0.717) is 37.6 Å². The van der Waals surface area contributed by atoms with Crippen molar-refractivity contribution in [3.63, 3.8) is 0 Å². The average molecular weight is 354 g/mol. The summed E-state index contributed by atoms with van der Waals surface area (Å²) >= 11 is 0. The van der Waals surface area contributed by atoms with Crippen LogP contribution in [-0.4, -0.2) is 37.2 Å². The molecule has 0 amide bonds. The minimum absolute atomic E-state index is 0.000953. The molecule has 2 aromatic rings. The van der Waals surface area contributed by atoms with Gasteiger partial charge in [-0.1, -0.05) is 18.2 Å². The van der Waals surface area contributed by atoms with Gasteiger partial charge in [-0.15, -0.1) is 0 Å². The van der Waals surface area contributed by atoms with Gasteiger partial charge in [-0.3, -0.25) is 4.99 Å². The third-order valence-electron chi connectivity index (χ3n) is 4.66. The second-order valence-corrected chi connectivity index (χ2v) is 6.53. The summed E-state index contributed by atoms with van der Waals surface area (Å²) in [5, 5.41) is 24.5. The maximum Gasteiger partial charge on any atom is 0.145 e. The Kier molecular flexibility index (Phi) is 5.44. The number of hydrogen-bond donors (Lipinski definition) is 1. The molecule has 1 aliphatic heterocycles. The number of nitrogens with zero attached hydrogens (tertiary/aromatic N) is 2. The third-order valence-corrected chi connectivity index (χ3v) is 4.66. The Morgan fingerprint density at radius 2 is 1.88 bits per heavy atom. The van der Waals surface area contributed by atoms with Crippen molar-refractivity contribution in [2.75, 3.05) is 26.2 Å². The summed E-state index contributed by atoms with van der Waals surface area (Å²) in [4.78, 5) is 5.52. The highest BCUT2D eigenvalue weighted by atomic mass is 16.5. The Morgan fingerprint density at radius 3 is 2.54 bits per heavy atom. The van der Waals surface area contributed by atoms with Crippen molar-refractivity contribution in [1.29, 1.82) is 0 Å². The second-order valence-electron chi connectivity index (χ2n) is 6.53. The summed E-state index contributed by atoms with van der Waals surface area (Å²) < 4.78 is 5.97. The van der Waals surface area contributed by atoms with Crippen LogP contribution in [-0.2, 0) is 0 Å². The van der Waals surface area contributed by atoms with Gasteiger partial charge in [0.1, 0.15) is 23.7 Å². The van der Waals surface area contributed by atoms with Crippen LogP contribution in [0, 0.1) is 26.0 Å². The van der Waals surface area contributed by atoms with Crippen LogP contribution in [0.2, 0.25) is 0 Å². The van der Waals surface area contributed by atoms with Gasteiger partial charge in [-0.2, -0.15) is 0 Å². The van der Waals surface area contributed by atoms with Crippen LogP contribution < -0.4 is 14.9 Å². The topological polar surface area (TPSA) is 75.4 Å². The van der Waals surface area contributed by atoms with Gasteiger partial charge in [0.15, 0.2) is 0 Å². The zero-order chi connectivity index (χ0) is 18.7. The molecule has 0 saturated carbocycles. The fraction of sp³-hybridized carbons (Fsp3) is 0.350. The van der Waals surface area contributed by atoms with Gasteiger partial charge in [-0.25, -0.2) is 0 Å². The van der Waals surface area contributed by atoms with E-state index in [2.05, 4.69) is 4.99 Å². The zero-order valence-electron chi connectivity index (χ0n) is 15.4. The highest BCUT2D eigenvalue weighted by Gasteiger charge is 2.19. The number of benzene rings is 2. The first-order valence-electron chi connectivity index (χ1n) is 8.78. The van der Waals surface area contributed by atoms with E-state index in [1.807, 2.05) is 57.2 Å². The molecule has 0 spiro atoms. The van der Waals surface area contributed by atoms with Crippen LogP contribution in [0.3, 0.4) is 0 Å². The molecule has 6 heteroatoms. The van der Waals surface area contributed by atoms with Gasteiger partial charge in [0.25, 0.3) is 0 Å². The molecular weight excluding hydrogens is 330 g/mol. The fourth-order valence-corrected chi connectivity index (χ4v) is 3.40. The van der Waals surface area contributed by atoms with Gasteiger partial charge in [-0.05, 0) is 44.5 Å². The summed E-state index contributed by atoms with van der Waals surface area (Å²) in [6.45, 7) is 7.92. The Bertz CT molecular complexity index is 806. The van der Waals surface area contributed by atoms with Crippen LogP contribution in [0.1, 0.15) is 16.7 Å². The predicted octanol–water partition coefficient (Wildman–Crippen LogP) is 1.37. The lowest BCUT2D eigenvalue weighted by Gasteiger charge is -2.27. The molecule has 2 aromatic carbocycles. The quantitative estimate of drug-likeness (QED) is 0.795. The van der Waals surface area contributed by atoms with Crippen LogP contribution in [0.4, 0.5) is 11.4 Å². The SMILES string of the molecule is Cc1cc(C)c([NH+]([O-])c2ccccc2)c(C)c1OCCN1CCN=C1[O-]. The Labute approximate surface area is 153 Å². The molecule has 26 heavy (non-hydrogen) atoms. The van der Waals surface area contributed by atoms with Crippen molar-refractivity contribution >= 4 is 17.4 Å². The van der Waals surface area contributed by atoms with Crippen molar-refractivity contribution < 1.29 is 14.9 Å². The number of rotatable bonds is 6. The molecule has 1 unspecified atom stereocenters. The second kappa shape index (κ2) is 7.76. The first kappa shape index (κ1) is 18.2. The molecule has 0 radical (unpaired) electrons. The number of aryl methyl sites for hydroxylation is 2. The number of amidine groups is 1. The Balaban J connectivity index is 1.81. The summed E-state index contributed by atoms with van der Waals surface area (Å²) in [6.07, 6.45) is 0. The number of hydrogen-bond acceptors (Lipinski definition) is 5. The lowest BCUT2D eigenvalue weighted by molar-refractivity contribution is -0.699. The molecule has 1 heterocycles. The molecule has 1 atom stereocenters. The number of quaternary nitrogens is 1. The van der Waals surface area contributed by atoms with Crippen molar-refractivity contribution in [3.05, 3.63) is 58.3 Å². The van der Waals surface area contributed by atoms with E-state index >= 15 is 0 Å². The van der Waals surface area contributed by atoms with E-state index in [1.165, 1.54) is 0 Å². The first-order chi connectivity index (χ1) is 12.5. The van der Waals surface area contributed by atoms with Crippen molar-refractivity contribution in [3.8, 4) is 5.75 Å². The Hall–Kier alpha value is -2.57. The smallest absolute Gasteiger partial charge is 0.145 e. The van der Waals surface area contributed by atoms with Gasteiger partial charge in [0.2, 0.25) is 0 Å². The van der Waals surface area contributed by atoms with Gasteiger partial charge in [0.05, 0.1) is 24.7 Å².